The number of rotatable bonds is 6. The molecule has 0 N–H and O–H groups in total. The second-order valence-electron chi connectivity index (χ2n) is 7.81. The van der Waals surface area contributed by atoms with Gasteiger partial charge in [-0.2, -0.15) is 5.26 Å². The molecular formula is C25H25F2NO2. The van der Waals surface area contributed by atoms with Gasteiger partial charge in [-0.1, -0.05) is 44.1 Å². The molecule has 0 saturated heterocycles. The number of allylic oxidation sites excluding steroid dienone is 1. The lowest BCUT2D eigenvalue weighted by Gasteiger charge is -2.26. The molecule has 0 bridgehead atoms. The quantitative estimate of drug-likeness (QED) is 0.395. The predicted octanol–water partition coefficient (Wildman–Crippen LogP) is 6.68. The Labute approximate surface area is 176 Å². The maximum absolute atomic E-state index is 13.7. The molecule has 30 heavy (non-hydrogen) atoms. The van der Waals surface area contributed by atoms with Crippen molar-refractivity contribution < 1.29 is 18.3 Å². The summed E-state index contributed by atoms with van der Waals surface area (Å²) < 4.78 is 32.3. The van der Waals surface area contributed by atoms with Gasteiger partial charge in [0, 0.05) is 12.1 Å². The van der Waals surface area contributed by atoms with Gasteiger partial charge >= 0.3 is 5.97 Å². The van der Waals surface area contributed by atoms with Gasteiger partial charge in [-0.25, -0.2) is 13.6 Å². The summed E-state index contributed by atoms with van der Waals surface area (Å²) in [5, 5.41) is 8.69. The van der Waals surface area contributed by atoms with Crippen molar-refractivity contribution in [1.29, 1.82) is 5.26 Å². The van der Waals surface area contributed by atoms with Crippen LogP contribution in [0.1, 0.15) is 66.9 Å². The molecule has 3 rings (SSSR count). The van der Waals surface area contributed by atoms with Crippen molar-refractivity contribution in [2.24, 2.45) is 11.8 Å². The maximum atomic E-state index is 13.7. The first-order chi connectivity index (χ1) is 14.5. The lowest BCUT2D eigenvalue weighted by molar-refractivity contribution is 0.0734. The third kappa shape index (κ3) is 5.54. The Kier molecular flexibility index (Phi) is 7.35. The van der Waals surface area contributed by atoms with E-state index in [9.17, 15) is 13.6 Å². The summed E-state index contributed by atoms with van der Waals surface area (Å²) in [6.45, 7) is 2.24. The van der Waals surface area contributed by atoms with Crippen LogP contribution in [0.25, 0.3) is 6.08 Å². The minimum atomic E-state index is -1.07. The summed E-state index contributed by atoms with van der Waals surface area (Å²) in [5.41, 5.74) is 0.555. The van der Waals surface area contributed by atoms with Crippen molar-refractivity contribution in [3.63, 3.8) is 0 Å². The summed E-state index contributed by atoms with van der Waals surface area (Å²) in [6.07, 6.45) is 12.0. The average Bonchev–Trinajstić information content (AvgIpc) is 2.73. The molecule has 0 aromatic heterocycles. The molecular weight excluding hydrogens is 384 g/mol. The Hall–Kier alpha value is -3.00. The van der Waals surface area contributed by atoms with Gasteiger partial charge in [0.1, 0.15) is 29.0 Å². The van der Waals surface area contributed by atoms with Crippen LogP contribution in [0.15, 0.2) is 42.5 Å². The van der Waals surface area contributed by atoms with Crippen molar-refractivity contribution in [2.45, 2.75) is 45.4 Å². The lowest BCUT2D eigenvalue weighted by atomic mass is 9.80. The van der Waals surface area contributed by atoms with Crippen LogP contribution in [-0.4, -0.2) is 5.97 Å². The van der Waals surface area contributed by atoms with Crippen LogP contribution in [0.4, 0.5) is 8.78 Å². The molecule has 0 amide bonds. The molecule has 3 nitrogen and oxygen atoms in total. The number of halogens is 2. The van der Waals surface area contributed by atoms with E-state index in [0.717, 1.165) is 23.6 Å². The van der Waals surface area contributed by atoms with E-state index in [1.165, 1.54) is 44.6 Å². The van der Waals surface area contributed by atoms with Crippen LogP contribution in [-0.2, 0) is 0 Å². The third-order valence-corrected chi connectivity index (χ3v) is 5.63. The van der Waals surface area contributed by atoms with Crippen LogP contribution in [0.2, 0.25) is 0 Å². The number of benzene rings is 2. The molecule has 5 heteroatoms. The van der Waals surface area contributed by atoms with Gasteiger partial charge in [0.2, 0.25) is 0 Å². The minimum absolute atomic E-state index is 0.275. The number of ether oxygens (including phenoxy) is 1. The fourth-order valence-electron chi connectivity index (χ4n) is 3.94. The molecule has 156 valence electrons. The zero-order valence-corrected chi connectivity index (χ0v) is 17.0. The van der Waals surface area contributed by atoms with E-state index < -0.39 is 23.2 Å². The van der Waals surface area contributed by atoms with Crippen molar-refractivity contribution in [3.8, 4) is 11.8 Å². The van der Waals surface area contributed by atoms with Gasteiger partial charge in [-0.05, 0) is 55.2 Å². The highest BCUT2D eigenvalue weighted by Crippen LogP contribution is 2.32. The Balaban J connectivity index is 1.58. The van der Waals surface area contributed by atoms with E-state index in [1.807, 2.05) is 12.1 Å². The standard InChI is InChI=1S/C25H25F2NO2/c1-2-3-17-4-6-18(7-5-17)8-9-19-10-12-20(13-11-19)25(29)30-21-14-23(26)22(16-28)24(27)15-21/h8-15,17-18H,2-7H2,1H3/b9-8+/t17-,18-. The van der Waals surface area contributed by atoms with Gasteiger partial charge < -0.3 is 4.74 Å². The van der Waals surface area contributed by atoms with E-state index in [1.54, 1.807) is 12.1 Å². The Morgan fingerprint density at radius 1 is 1.13 bits per heavy atom. The maximum Gasteiger partial charge on any atom is 0.343 e. The highest BCUT2D eigenvalue weighted by atomic mass is 19.1. The zero-order valence-electron chi connectivity index (χ0n) is 17.0. The number of hydrogen-bond donors (Lipinski definition) is 0. The van der Waals surface area contributed by atoms with Gasteiger partial charge in [0.25, 0.3) is 0 Å². The Bertz CT molecular complexity index is 929. The third-order valence-electron chi connectivity index (χ3n) is 5.63. The second kappa shape index (κ2) is 10.2. The summed E-state index contributed by atoms with van der Waals surface area (Å²) in [4.78, 5) is 12.2. The normalized spacial score (nSPS) is 18.9. The summed E-state index contributed by atoms with van der Waals surface area (Å²) in [5.74, 6) is -1.65. The molecule has 0 spiro atoms. The minimum Gasteiger partial charge on any atom is -0.423 e. The van der Waals surface area contributed by atoms with E-state index in [2.05, 4.69) is 19.1 Å². The van der Waals surface area contributed by atoms with E-state index in [4.69, 9.17) is 10.00 Å². The fraction of sp³-hybridized carbons (Fsp3) is 0.360. The first kappa shape index (κ1) is 21.7. The molecule has 0 aliphatic heterocycles. The molecule has 2 aromatic carbocycles. The summed E-state index contributed by atoms with van der Waals surface area (Å²) in [7, 11) is 0. The number of nitriles is 1. The number of carbonyl (C=O) groups excluding carboxylic acids is 1. The van der Waals surface area contributed by atoms with E-state index >= 15 is 0 Å². The number of carbonyl (C=O) groups is 1. The molecule has 0 heterocycles. The zero-order chi connectivity index (χ0) is 21.5. The average molecular weight is 409 g/mol. The van der Waals surface area contributed by atoms with Gasteiger partial charge in [0.15, 0.2) is 0 Å². The molecule has 2 aromatic rings. The molecule has 1 saturated carbocycles. The van der Waals surface area contributed by atoms with E-state index in [-0.39, 0.29) is 11.3 Å². The van der Waals surface area contributed by atoms with Crippen LogP contribution >= 0.6 is 0 Å². The summed E-state index contributed by atoms with van der Waals surface area (Å²) in [6, 6.07) is 9.95. The molecule has 1 fully saturated rings. The van der Waals surface area contributed by atoms with Crippen molar-refractivity contribution >= 4 is 12.0 Å². The first-order valence-corrected chi connectivity index (χ1v) is 10.4. The lowest BCUT2D eigenvalue weighted by Crippen LogP contribution is -2.12. The van der Waals surface area contributed by atoms with Crippen LogP contribution < -0.4 is 4.74 Å². The van der Waals surface area contributed by atoms with Crippen LogP contribution in [0, 0.1) is 34.8 Å². The van der Waals surface area contributed by atoms with E-state index in [0.29, 0.717) is 5.92 Å². The number of esters is 1. The molecule has 1 aliphatic carbocycles. The monoisotopic (exact) mass is 409 g/mol. The van der Waals surface area contributed by atoms with Crippen molar-refractivity contribution in [2.75, 3.05) is 0 Å². The Morgan fingerprint density at radius 3 is 2.33 bits per heavy atom. The van der Waals surface area contributed by atoms with Crippen molar-refractivity contribution in [3.05, 3.63) is 70.8 Å². The fourth-order valence-corrected chi connectivity index (χ4v) is 3.94. The highest BCUT2D eigenvalue weighted by Gasteiger charge is 2.18. The molecule has 0 atom stereocenters. The molecule has 0 radical (unpaired) electrons. The number of hydrogen-bond acceptors (Lipinski definition) is 3. The molecule has 1 aliphatic rings. The van der Waals surface area contributed by atoms with Crippen molar-refractivity contribution in [1.82, 2.24) is 0 Å². The van der Waals surface area contributed by atoms with Gasteiger partial charge in [0.05, 0.1) is 5.56 Å². The van der Waals surface area contributed by atoms with Gasteiger partial charge in [-0.15, -0.1) is 0 Å². The highest BCUT2D eigenvalue weighted by molar-refractivity contribution is 5.91. The number of nitrogens with zero attached hydrogens (tertiary/aromatic N) is 1. The largest absolute Gasteiger partial charge is 0.423 e. The van der Waals surface area contributed by atoms with Crippen LogP contribution in [0.5, 0.6) is 5.75 Å². The Morgan fingerprint density at radius 2 is 1.77 bits per heavy atom. The van der Waals surface area contributed by atoms with Crippen LogP contribution in [0.3, 0.4) is 0 Å². The summed E-state index contributed by atoms with van der Waals surface area (Å²) >= 11 is 0. The predicted molar refractivity (Wildman–Crippen MR) is 112 cm³/mol. The second-order valence-corrected chi connectivity index (χ2v) is 7.81. The SMILES string of the molecule is CCC[C@H]1CC[C@H](/C=C/c2ccc(C(=O)Oc3cc(F)c(C#N)c(F)c3)cc2)CC1. The topological polar surface area (TPSA) is 50.1 Å². The first-order valence-electron chi connectivity index (χ1n) is 10.4. The molecule has 0 unspecified atom stereocenters. The van der Waals surface area contributed by atoms with Gasteiger partial charge in [-0.3, -0.25) is 0 Å². The smallest absolute Gasteiger partial charge is 0.343 e.